The van der Waals surface area contributed by atoms with E-state index >= 15 is 0 Å². The van der Waals surface area contributed by atoms with Gasteiger partial charge in [0.1, 0.15) is 0 Å². The molecule has 0 aliphatic heterocycles. The molecule has 0 bridgehead atoms. The molecule has 0 aliphatic carbocycles. The number of halogens is 2. The van der Waals surface area contributed by atoms with E-state index in [4.69, 9.17) is 5.73 Å². The molecule has 2 N–H and O–H groups in total. The summed E-state index contributed by atoms with van der Waals surface area (Å²) in [6.07, 6.45) is 3.78. The van der Waals surface area contributed by atoms with Crippen LogP contribution in [-0.4, -0.2) is 9.78 Å². The molecule has 0 amide bonds. The maximum Gasteiger partial charge on any atom is 0.0645 e. The van der Waals surface area contributed by atoms with E-state index in [-0.39, 0.29) is 6.04 Å². The van der Waals surface area contributed by atoms with Gasteiger partial charge in [-0.25, -0.2) is 4.68 Å². The van der Waals surface area contributed by atoms with Crippen molar-refractivity contribution in [2.75, 3.05) is 0 Å². The standard InChI is InChI=1S/C16H13Br2N3/c17-13-6-11(7-14(18)8-13)16(19)12-9-20-21(10-12)15-4-2-1-3-5-15/h1-10,16H,19H2. The summed E-state index contributed by atoms with van der Waals surface area (Å²) in [7, 11) is 0. The Balaban J connectivity index is 1.92. The first-order valence-electron chi connectivity index (χ1n) is 6.45. The van der Waals surface area contributed by atoms with Gasteiger partial charge >= 0.3 is 0 Å². The van der Waals surface area contributed by atoms with Crippen molar-refractivity contribution in [1.82, 2.24) is 9.78 Å². The summed E-state index contributed by atoms with van der Waals surface area (Å²) >= 11 is 6.98. The smallest absolute Gasteiger partial charge is 0.0645 e. The maximum absolute atomic E-state index is 6.35. The van der Waals surface area contributed by atoms with E-state index in [1.54, 1.807) is 0 Å². The topological polar surface area (TPSA) is 43.8 Å². The summed E-state index contributed by atoms with van der Waals surface area (Å²) in [6, 6.07) is 15.8. The SMILES string of the molecule is NC(c1cc(Br)cc(Br)c1)c1cnn(-c2ccccc2)c1. The molecule has 1 heterocycles. The Morgan fingerprint density at radius 3 is 2.29 bits per heavy atom. The van der Waals surface area contributed by atoms with Crippen molar-refractivity contribution < 1.29 is 0 Å². The minimum atomic E-state index is -0.212. The first-order chi connectivity index (χ1) is 10.1. The van der Waals surface area contributed by atoms with E-state index < -0.39 is 0 Å². The predicted molar refractivity (Wildman–Crippen MR) is 91.4 cm³/mol. The molecule has 0 spiro atoms. The molecule has 21 heavy (non-hydrogen) atoms. The number of aromatic nitrogens is 2. The lowest BCUT2D eigenvalue weighted by molar-refractivity contribution is 0.860. The predicted octanol–water partition coefficient (Wildman–Crippen LogP) is 4.45. The van der Waals surface area contributed by atoms with Crippen LogP contribution in [0.3, 0.4) is 0 Å². The van der Waals surface area contributed by atoms with Gasteiger partial charge in [0.15, 0.2) is 0 Å². The molecule has 3 nitrogen and oxygen atoms in total. The molecular formula is C16H13Br2N3. The third kappa shape index (κ3) is 3.26. The van der Waals surface area contributed by atoms with Crippen LogP contribution in [0, 0.1) is 0 Å². The minimum absolute atomic E-state index is 0.212. The van der Waals surface area contributed by atoms with E-state index in [0.29, 0.717) is 0 Å². The third-order valence-electron chi connectivity index (χ3n) is 3.23. The van der Waals surface area contributed by atoms with Crippen molar-refractivity contribution >= 4 is 31.9 Å². The van der Waals surface area contributed by atoms with Crippen LogP contribution in [0.15, 0.2) is 69.9 Å². The van der Waals surface area contributed by atoms with Crippen LogP contribution in [0.5, 0.6) is 0 Å². The Morgan fingerprint density at radius 2 is 1.62 bits per heavy atom. The average Bonchev–Trinajstić information content (AvgIpc) is 2.96. The molecule has 3 aromatic rings. The zero-order chi connectivity index (χ0) is 14.8. The van der Waals surface area contributed by atoms with Gasteiger partial charge in [0.2, 0.25) is 0 Å². The maximum atomic E-state index is 6.35. The van der Waals surface area contributed by atoms with Crippen molar-refractivity contribution in [3.8, 4) is 5.69 Å². The lowest BCUT2D eigenvalue weighted by atomic mass is 10.0. The van der Waals surface area contributed by atoms with Crippen LogP contribution >= 0.6 is 31.9 Å². The highest BCUT2D eigenvalue weighted by Gasteiger charge is 2.13. The van der Waals surface area contributed by atoms with Gasteiger partial charge in [-0.05, 0) is 35.9 Å². The number of nitrogens with zero attached hydrogens (tertiary/aromatic N) is 2. The third-order valence-corrected chi connectivity index (χ3v) is 4.14. The monoisotopic (exact) mass is 405 g/mol. The zero-order valence-electron chi connectivity index (χ0n) is 11.1. The largest absolute Gasteiger partial charge is 0.320 e. The van der Waals surface area contributed by atoms with Gasteiger partial charge in [-0.15, -0.1) is 0 Å². The van der Waals surface area contributed by atoms with Crippen molar-refractivity contribution in [3.05, 3.63) is 81.0 Å². The highest BCUT2D eigenvalue weighted by molar-refractivity contribution is 9.11. The van der Waals surface area contributed by atoms with Crippen molar-refractivity contribution in [1.29, 1.82) is 0 Å². The molecule has 1 atom stereocenters. The molecular weight excluding hydrogens is 394 g/mol. The Kier molecular flexibility index (Phi) is 4.24. The molecule has 0 saturated heterocycles. The lowest BCUT2D eigenvalue weighted by Gasteiger charge is -2.11. The normalized spacial score (nSPS) is 12.3. The van der Waals surface area contributed by atoms with E-state index in [2.05, 4.69) is 37.0 Å². The second-order valence-corrected chi connectivity index (χ2v) is 6.57. The number of para-hydroxylation sites is 1. The number of rotatable bonds is 3. The Hall–Kier alpha value is -1.43. The van der Waals surface area contributed by atoms with Gasteiger partial charge in [0, 0.05) is 20.7 Å². The average molecular weight is 407 g/mol. The van der Waals surface area contributed by atoms with Gasteiger partial charge in [-0.3, -0.25) is 0 Å². The summed E-state index contributed by atoms with van der Waals surface area (Å²) in [5, 5.41) is 4.39. The summed E-state index contributed by atoms with van der Waals surface area (Å²) in [6.45, 7) is 0. The summed E-state index contributed by atoms with van der Waals surface area (Å²) in [4.78, 5) is 0. The molecule has 1 unspecified atom stereocenters. The van der Waals surface area contributed by atoms with Crippen LogP contribution in [-0.2, 0) is 0 Å². The van der Waals surface area contributed by atoms with Crippen LogP contribution in [0.4, 0.5) is 0 Å². The van der Waals surface area contributed by atoms with Gasteiger partial charge < -0.3 is 5.73 Å². The lowest BCUT2D eigenvalue weighted by Crippen LogP contribution is -2.11. The molecule has 2 aromatic carbocycles. The van der Waals surface area contributed by atoms with Crippen LogP contribution in [0.1, 0.15) is 17.2 Å². The Bertz CT molecular complexity index is 733. The molecule has 106 valence electrons. The van der Waals surface area contributed by atoms with Gasteiger partial charge in [0.25, 0.3) is 0 Å². The molecule has 0 aliphatic rings. The highest BCUT2D eigenvalue weighted by Crippen LogP contribution is 2.27. The molecule has 0 saturated carbocycles. The van der Waals surface area contributed by atoms with E-state index in [1.165, 1.54) is 0 Å². The summed E-state index contributed by atoms with van der Waals surface area (Å²) in [5.41, 5.74) is 9.38. The van der Waals surface area contributed by atoms with Crippen molar-refractivity contribution in [2.24, 2.45) is 5.73 Å². The molecule has 0 radical (unpaired) electrons. The Morgan fingerprint density at radius 1 is 0.952 bits per heavy atom. The Labute approximate surface area is 140 Å². The fourth-order valence-electron chi connectivity index (χ4n) is 2.17. The molecule has 5 heteroatoms. The second-order valence-electron chi connectivity index (χ2n) is 4.73. The molecule has 1 aromatic heterocycles. The fraction of sp³-hybridized carbons (Fsp3) is 0.0625. The first-order valence-corrected chi connectivity index (χ1v) is 8.03. The number of nitrogens with two attached hydrogens (primary N) is 1. The van der Waals surface area contributed by atoms with Gasteiger partial charge in [-0.1, -0.05) is 50.1 Å². The molecule has 3 rings (SSSR count). The number of benzene rings is 2. The highest BCUT2D eigenvalue weighted by atomic mass is 79.9. The zero-order valence-corrected chi connectivity index (χ0v) is 14.3. The number of hydrogen-bond donors (Lipinski definition) is 1. The van der Waals surface area contributed by atoms with Crippen molar-refractivity contribution in [2.45, 2.75) is 6.04 Å². The second kappa shape index (κ2) is 6.13. The minimum Gasteiger partial charge on any atom is -0.320 e. The van der Waals surface area contributed by atoms with Gasteiger partial charge in [-0.2, -0.15) is 5.10 Å². The van der Waals surface area contributed by atoms with E-state index in [1.807, 2.05) is 65.6 Å². The number of hydrogen-bond acceptors (Lipinski definition) is 2. The first kappa shape index (κ1) is 14.5. The van der Waals surface area contributed by atoms with Crippen molar-refractivity contribution in [3.63, 3.8) is 0 Å². The van der Waals surface area contributed by atoms with E-state index in [9.17, 15) is 0 Å². The van der Waals surface area contributed by atoms with Crippen LogP contribution < -0.4 is 5.73 Å². The quantitative estimate of drug-likeness (QED) is 0.698. The van der Waals surface area contributed by atoms with Gasteiger partial charge in [0.05, 0.1) is 17.9 Å². The summed E-state index contributed by atoms with van der Waals surface area (Å²) < 4.78 is 3.83. The summed E-state index contributed by atoms with van der Waals surface area (Å²) in [5.74, 6) is 0. The fourth-order valence-corrected chi connectivity index (χ4v) is 3.50. The van der Waals surface area contributed by atoms with Crippen LogP contribution in [0.2, 0.25) is 0 Å². The van der Waals surface area contributed by atoms with Crippen LogP contribution in [0.25, 0.3) is 5.69 Å². The van der Waals surface area contributed by atoms with E-state index in [0.717, 1.165) is 25.8 Å². The molecule has 0 fully saturated rings.